The number of ether oxygens (including phenoxy) is 1. The van der Waals surface area contributed by atoms with Gasteiger partial charge in [-0.3, -0.25) is 9.59 Å². The Kier molecular flexibility index (Phi) is 6.86. The summed E-state index contributed by atoms with van der Waals surface area (Å²) in [5.41, 5.74) is -0.484. The van der Waals surface area contributed by atoms with Crippen LogP contribution in [0, 0.1) is 0 Å². The molecule has 1 rings (SSSR count). The maximum Gasteiger partial charge on any atom is 0.306 e. The van der Waals surface area contributed by atoms with Gasteiger partial charge in [0.2, 0.25) is 5.91 Å². The molecule has 2 unspecified atom stereocenters. The van der Waals surface area contributed by atoms with Crippen molar-refractivity contribution < 1.29 is 14.3 Å². The third kappa shape index (κ3) is 6.64. The summed E-state index contributed by atoms with van der Waals surface area (Å²) in [5, 5.41) is 3.60. The first kappa shape index (κ1) is 17.3. The van der Waals surface area contributed by atoms with Crippen LogP contribution >= 0.6 is 11.8 Å². The number of amides is 1. The molecule has 0 saturated heterocycles. The summed E-state index contributed by atoms with van der Waals surface area (Å²) >= 11 is 1.91. The molecule has 1 saturated carbocycles. The quantitative estimate of drug-likeness (QED) is 0.766. The topological polar surface area (TPSA) is 55.4 Å². The maximum absolute atomic E-state index is 11.9. The smallest absolute Gasteiger partial charge is 0.306 e. The fourth-order valence-electron chi connectivity index (χ4n) is 2.39. The summed E-state index contributed by atoms with van der Waals surface area (Å²) in [7, 11) is 0. The molecule has 1 aliphatic carbocycles. The fraction of sp³-hybridized carbons (Fsp3) is 0.867. The number of carbonyl (C=O) groups excluding carboxylic acids is 2. The Bertz CT molecular complexity index is 339. The Balaban J connectivity index is 2.28. The van der Waals surface area contributed by atoms with Crippen molar-refractivity contribution in [3.05, 3.63) is 0 Å². The lowest BCUT2D eigenvalue weighted by atomic mass is 10.2. The number of nitrogens with one attached hydrogen (secondary N) is 1. The maximum atomic E-state index is 11.9. The molecule has 0 radical (unpaired) electrons. The summed E-state index contributed by atoms with van der Waals surface area (Å²) in [4.78, 5) is 23.5. The van der Waals surface area contributed by atoms with Gasteiger partial charge in [0.05, 0.1) is 6.42 Å². The first-order valence-electron chi connectivity index (χ1n) is 7.44. The molecular weight excluding hydrogens is 274 g/mol. The van der Waals surface area contributed by atoms with E-state index >= 15 is 0 Å². The van der Waals surface area contributed by atoms with Crippen LogP contribution in [0.5, 0.6) is 0 Å². The Labute approximate surface area is 126 Å². The molecule has 20 heavy (non-hydrogen) atoms. The number of thioether (sulfide) groups is 1. The fourth-order valence-corrected chi connectivity index (χ4v) is 3.59. The highest BCUT2D eigenvalue weighted by Gasteiger charge is 2.28. The lowest BCUT2D eigenvalue weighted by molar-refractivity contribution is -0.155. The minimum absolute atomic E-state index is 0.0375. The molecule has 0 spiro atoms. The normalized spacial score (nSPS) is 22.6. The summed E-state index contributed by atoms with van der Waals surface area (Å²) < 4.78 is 5.19. The van der Waals surface area contributed by atoms with Gasteiger partial charge in [0, 0.05) is 17.7 Å². The Morgan fingerprint density at radius 3 is 2.55 bits per heavy atom. The highest BCUT2D eigenvalue weighted by molar-refractivity contribution is 7.99. The van der Waals surface area contributed by atoms with Gasteiger partial charge in [0.15, 0.2) is 0 Å². The Morgan fingerprint density at radius 1 is 1.25 bits per heavy atom. The van der Waals surface area contributed by atoms with Gasteiger partial charge in [0.1, 0.15) is 5.60 Å². The van der Waals surface area contributed by atoms with Crippen LogP contribution in [0.15, 0.2) is 0 Å². The molecule has 2 atom stereocenters. The highest BCUT2D eigenvalue weighted by Crippen LogP contribution is 2.29. The van der Waals surface area contributed by atoms with E-state index in [0.717, 1.165) is 12.2 Å². The molecule has 4 nitrogen and oxygen atoms in total. The summed E-state index contributed by atoms with van der Waals surface area (Å²) in [6.45, 7) is 7.63. The zero-order valence-electron chi connectivity index (χ0n) is 13.0. The van der Waals surface area contributed by atoms with Crippen molar-refractivity contribution in [3.63, 3.8) is 0 Å². The first-order valence-corrected chi connectivity index (χ1v) is 8.49. The van der Waals surface area contributed by atoms with Crippen molar-refractivity contribution in [1.82, 2.24) is 5.32 Å². The molecule has 1 aliphatic rings. The van der Waals surface area contributed by atoms with Crippen LogP contribution in [0.4, 0.5) is 0 Å². The number of hydrogen-bond donors (Lipinski definition) is 1. The molecule has 0 aromatic heterocycles. The Morgan fingerprint density at radius 2 is 1.95 bits per heavy atom. The monoisotopic (exact) mass is 301 g/mol. The van der Waals surface area contributed by atoms with Crippen molar-refractivity contribution in [2.24, 2.45) is 0 Å². The molecule has 116 valence electrons. The number of esters is 1. The van der Waals surface area contributed by atoms with Crippen LogP contribution in [0.25, 0.3) is 0 Å². The lowest BCUT2D eigenvalue weighted by Gasteiger charge is -2.21. The van der Waals surface area contributed by atoms with Crippen LogP contribution < -0.4 is 5.32 Å². The van der Waals surface area contributed by atoms with E-state index in [1.807, 2.05) is 32.5 Å². The van der Waals surface area contributed by atoms with E-state index in [1.54, 1.807) is 0 Å². The molecule has 5 heteroatoms. The molecule has 1 fully saturated rings. The molecule has 0 aromatic rings. The Hall–Kier alpha value is -0.710. The zero-order valence-corrected chi connectivity index (χ0v) is 13.8. The molecular formula is C15H27NO3S. The third-order valence-electron chi connectivity index (χ3n) is 3.16. The number of hydrogen-bond acceptors (Lipinski definition) is 4. The standard InChI is InChI=1S/C15H27NO3S/c1-5-20-12-8-6-7-11(12)16-13(17)9-10-14(18)19-15(2,3)4/h11-12H,5-10H2,1-4H3,(H,16,17). The second kappa shape index (κ2) is 7.91. The minimum Gasteiger partial charge on any atom is -0.460 e. The van der Waals surface area contributed by atoms with Gasteiger partial charge in [-0.15, -0.1) is 0 Å². The second-order valence-corrected chi connectivity index (χ2v) is 7.70. The van der Waals surface area contributed by atoms with Crippen molar-refractivity contribution in [2.45, 2.75) is 76.7 Å². The van der Waals surface area contributed by atoms with Crippen molar-refractivity contribution in [3.8, 4) is 0 Å². The highest BCUT2D eigenvalue weighted by atomic mass is 32.2. The molecule has 0 bridgehead atoms. The zero-order chi connectivity index (χ0) is 15.2. The molecule has 0 aliphatic heterocycles. The first-order chi connectivity index (χ1) is 9.31. The van der Waals surface area contributed by atoms with Gasteiger partial charge in [-0.05, 0) is 39.4 Å². The van der Waals surface area contributed by atoms with Gasteiger partial charge in [0.25, 0.3) is 0 Å². The van der Waals surface area contributed by atoms with Crippen LogP contribution in [0.2, 0.25) is 0 Å². The van der Waals surface area contributed by atoms with E-state index in [9.17, 15) is 9.59 Å². The largest absolute Gasteiger partial charge is 0.460 e. The van der Waals surface area contributed by atoms with E-state index in [4.69, 9.17) is 4.74 Å². The molecule has 1 amide bonds. The third-order valence-corrected chi connectivity index (χ3v) is 4.48. The van der Waals surface area contributed by atoms with E-state index in [2.05, 4.69) is 12.2 Å². The SMILES string of the molecule is CCSC1CCCC1NC(=O)CCC(=O)OC(C)(C)C. The van der Waals surface area contributed by atoms with Crippen LogP contribution in [-0.2, 0) is 14.3 Å². The van der Waals surface area contributed by atoms with Crippen LogP contribution in [0.3, 0.4) is 0 Å². The predicted octanol–water partition coefficient (Wildman–Crippen LogP) is 2.90. The van der Waals surface area contributed by atoms with Crippen LogP contribution in [-0.4, -0.2) is 34.5 Å². The van der Waals surface area contributed by atoms with Gasteiger partial charge in [-0.2, -0.15) is 11.8 Å². The summed E-state index contributed by atoms with van der Waals surface area (Å²) in [5.74, 6) is 0.734. The number of rotatable bonds is 6. The van der Waals surface area contributed by atoms with E-state index in [0.29, 0.717) is 5.25 Å². The summed E-state index contributed by atoms with van der Waals surface area (Å²) in [6, 6.07) is 0.270. The van der Waals surface area contributed by atoms with Gasteiger partial charge in [-0.1, -0.05) is 13.3 Å². The molecule has 0 heterocycles. The average molecular weight is 301 g/mol. The van der Waals surface area contributed by atoms with Gasteiger partial charge < -0.3 is 10.1 Å². The van der Waals surface area contributed by atoms with E-state index in [-0.39, 0.29) is 30.8 Å². The van der Waals surface area contributed by atoms with E-state index < -0.39 is 5.60 Å². The summed E-state index contributed by atoms with van der Waals surface area (Å²) in [6.07, 6.45) is 3.77. The van der Waals surface area contributed by atoms with Crippen molar-refractivity contribution >= 4 is 23.6 Å². The molecule has 0 aromatic carbocycles. The molecule has 1 N–H and O–H groups in total. The minimum atomic E-state index is -0.484. The lowest BCUT2D eigenvalue weighted by Crippen LogP contribution is -2.39. The van der Waals surface area contributed by atoms with Gasteiger partial charge in [-0.25, -0.2) is 0 Å². The number of carbonyl (C=O) groups is 2. The van der Waals surface area contributed by atoms with Crippen molar-refractivity contribution in [1.29, 1.82) is 0 Å². The predicted molar refractivity (Wildman–Crippen MR) is 82.8 cm³/mol. The second-order valence-electron chi connectivity index (χ2n) is 6.19. The average Bonchev–Trinajstić information content (AvgIpc) is 2.72. The van der Waals surface area contributed by atoms with E-state index in [1.165, 1.54) is 12.8 Å². The van der Waals surface area contributed by atoms with Crippen molar-refractivity contribution in [2.75, 3.05) is 5.75 Å². The van der Waals surface area contributed by atoms with Gasteiger partial charge >= 0.3 is 5.97 Å². The van der Waals surface area contributed by atoms with Crippen LogP contribution in [0.1, 0.15) is 59.8 Å².